The van der Waals surface area contributed by atoms with Gasteiger partial charge in [-0.2, -0.15) is 0 Å². The number of fused-ring (bicyclic) bond motifs is 4. The van der Waals surface area contributed by atoms with Crippen LogP contribution in [0.1, 0.15) is 27.0 Å². The first-order valence-corrected chi connectivity index (χ1v) is 11.4. The van der Waals surface area contributed by atoms with Gasteiger partial charge in [0.1, 0.15) is 6.61 Å². The number of rotatable bonds is 6. The molecule has 174 valence electrons. The van der Waals surface area contributed by atoms with Crippen LogP contribution in [0.2, 0.25) is 0 Å². The lowest BCUT2D eigenvalue weighted by Crippen LogP contribution is -2.39. The highest BCUT2D eigenvalue weighted by Crippen LogP contribution is 2.40. The van der Waals surface area contributed by atoms with Crippen molar-refractivity contribution in [3.63, 3.8) is 0 Å². The second-order valence-electron chi connectivity index (χ2n) is 8.28. The maximum Gasteiger partial charge on any atom is 0.270 e. The van der Waals surface area contributed by atoms with Crippen LogP contribution in [0, 0.1) is 10.1 Å². The van der Waals surface area contributed by atoms with Crippen molar-refractivity contribution in [3.8, 4) is 11.5 Å². The van der Waals surface area contributed by atoms with Crippen molar-refractivity contribution in [1.29, 1.82) is 0 Å². The van der Waals surface area contributed by atoms with Crippen molar-refractivity contribution in [1.82, 2.24) is 0 Å². The van der Waals surface area contributed by atoms with Crippen LogP contribution in [-0.4, -0.2) is 30.5 Å². The number of nitrogens with one attached hydrogen (secondary N) is 1. The number of hydrogen-bond donors (Lipinski definition) is 1. The van der Waals surface area contributed by atoms with E-state index in [2.05, 4.69) is 11.4 Å². The van der Waals surface area contributed by atoms with Gasteiger partial charge in [-0.15, -0.1) is 11.6 Å². The van der Waals surface area contributed by atoms with Gasteiger partial charge < -0.3 is 19.7 Å². The Balaban J connectivity index is 1.45. The van der Waals surface area contributed by atoms with E-state index in [-0.39, 0.29) is 30.1 Å². The van der Waals surface area contributed by atoms with Crippen molar-refractivity contribution in [3.05, 3.63) is 87.0 Å². The number of carbonyl (C=O) groups is 1. The van der Waals surface area contributed by atoms with E-state index in [0.717, 1.165) is 17.7 Å². The molecule has 0 aromatic heterocycles. The normalized spacial score (nSPS) is 16.1. The van der Waals surface area contributed by atoms with E-state index < -0.39 is 4.92 Å². The summed E-state index contributed by atoms with van der Waals surface area (Å²) in [6, 6.07) is 16.1. The van der Waals surface area contributed by atoms with Gasteiger partial charge in [-0.3, -0.25) is 14.9 Å². The first kappa shape index (κ1) is 22.0. The molecule has 0 saturated carbocycles. The zero-order valence-electron chi connectivity index (χ0n) is 18.4. The number of amides is 1. The molecular formula is C25H22ClN3O5. The molecular weight excluding hydrogens is 458 g/mol. The molecule has 2 aliphatic heterocycles. The molecule has 3 aromatic carbocycles. The van der Waals surface area contributed by atoms with Crippen molar-refractivity contribution < 1.29 is 19.2 Å². The highest BCUT2D eigenvalue weighted by Gasteiger charge is 2.37. The lowest BCUT2D eigenvalue weighted by molar-refractivity contribution is -0.385. The van der Waals surface area contributed by atoms with E-state index in [1.54, 1.807) is 18.2 Å². The van der Waals surface area contributed by atoms with E-state index in [4.69, 9.17) is 21.1 Å². The molecule has 0 bridgehead atoms. The quantitative estimate of drug-likeness (QED) is 0.306. The molecule has 0 fully saturated rings. The molecule has 5 rings (SSSR count). The van der Waals surface area contributed by atoms with Gasteiger partial charge in [0.05, 0.1) is 29.3 Å². The number of nitrogens with zero attached hydrogens (tertiary/aromatic N) is 2. The fourth-order valence-electron chi connectivity index (χ4n) is 4.58. The van der Waals surface area contributed by atoms with E-state index >= 15 is 0 Å². The van der Waals surface area contributed by atoms with Gasteiger partial charge in [-0.05, 0) is 35.2 Å². The smallest absolute Gasteiger partial charge is 0.270 e. The molecule has 0 aliphatic carbocycles. The van der Waals surface area contributed by atoms with Crippen LogP contribution < -0.4 is 19.7 Å². The third-order valence-corrected chi connectivity index (χ3v) is 6.46. The Kier molecular flexibility index (Phi) is 5.75. The van der Waals surface area contributed by atoms with E-state index in [1.807, 2.05) is 23.1 Å². The van der Waals surface area contributed by atoms with Gasteiger partial charge in [0, 0.05) is 36.3 Å². The van der Waals surface area contributed by atoms with E-state index in [9.17, 15) is 14.9 Å². The number of non-ortho nitro benzene ring substituents is 1. The summed E-state index contributed by atoms with van der Waals surface area (Å²) < 4.78 is 11.5. The Labute approximate surface area is 201 Å². The molecule has 1 amide bonds. The summed E-state index contributed by atoms with van der Waals surface area (Å²) in [6.45, 7) is 0.680. The molecule has 1 atom stereocenters. The lowest BCUT2D eigenvalue weighted by atomic mass is 10.1. The first-order valence-electron chi connectivity index (χ1n) is 10.8. The topological polar surface area (TPSA) is 93.9 Å². The number of halogens is 1. The lowest BCUT2D eigenvalue weighted by Gasteiger charge is -2.22. The van der Waals surface area contributed by atoms with Gasteiger partial charge in [0.2, 0.25) is 0 Å². The van der Waals surface area contributed by atoms with Crippen molar-refractivity contribution in [2.75, 3.05) is 23.9 Å². The number of benzene rings is 3. The van der Waals surface area contributed by atoms with Gasteiger partial charge in [0.15, 0.2) is 11.5 Å². The predicted molar refractivity (Wildman–Crippen MR) is 129 cm³/mol. The zero-order valence-corrected chi connectivity index (χ0v) is 19.2. The van der Waals surface area contributed by atoms with Gasteiger partial charge in [-0.1, -0.05) is 24.3 Å². The Bertz CT molecular complexity index is 1300. The number of ether oxygens (including phenoxy) is 2. The highest BCUT2D eigenvalue weighted by molar-refractivity contribution is 6.17. The minimum Gasteiger partial charge on any atom is -0.493 e. The third kappa shape index (κ3) is 3.90. The summed E-state index contributed by atoms with van der Waals surface area (Å²) in [5.74, 6) is 0.903. The van der Waals surface area contributed by atoms with Crippen molar-refractivity contribution >= 4 is 34.6 Å². The summed E-state index contributed by atoms with van der Waals surface area (Å²) in [4.78, 5) is 26.2. The molecule has 0 radical (unpaired) electrons. The molecule has 34 heavy (non-hydrogen) atoms. The Morgan fingerprint density at radius 2 is 1.94 bits per heavy atom. The number of nitro groups is 1. The summed E-state index contributed by atoms with van der Waals surface area (Å²) in [7, 11) is 1.51. The van der Waals surface area contributed by atoms with Crippen LogP contribution in [0.5, 0.6) is 11.5 Å². The summed E-state index contributed by atoms with van der Waals surface area (Å²) in [5.41, 5.74) is 4.47. The molecule has 1 unspecified atom stereocenters. The van der Waals surface area contributed by atoms with Crippen LogP contribution in [-0.2, 0) is 18.9 Å². The molecule has 0 saturated heterocycles. The van der Waals surface area contributed by atoms with E-state index in [1.165, 1.54) is 19.2 Å². The Morgan fingerprint density at radius 1 is 1.15 bits per heavy atom. The number of alkyl halides is 1. The van der Waals surface area contributed by atoms with Crippen LogP contribution in [0.15, 0.2) is 54.6 Å². The number of nitro benzene ring substituents is 1. The number of methoxy groups -OCH3 is 1. The van der Waals surface area contributed by atoms with Crippen molar-refractivity contribution in [2.24, 2.45) is 0 Å². The average molecular weight is 480 g/mol. The monoisotopic (exact) mass is 479 g/mol. The maximum atomic E-state index is 13.5. The molecule has 3 aromatic rings. The number of carbonyl (C=O) groups excluding carboxylic acids is 1. The Hall–Kier alpha value is -3.78. The molecule has 1 N–H and O–H groups in total. The molecule has 8 nitrogen and oxygen atoms in total. The fourth-order valence-corrected chi connectivity index (χ4v) is 4.74. The van der Waals surface area contributed by atoms with Crippen LogP contribution >= 0.6 is 11.6 Å². The van der Waals surface area contributed by atoms with Gasteiger partial charge >= 0.3 is 0 Å². The SMILES string of the molecule is COc1cc2c(cc1OCc1cc(CCl)cc([N+](=O)[O-])c1)NCC1Cc3ccccc3N1C2=O. The molecule has 2 heterocycles. The van der Waals surface area contributed by atoms with Gasteiger partial charge in [-0.25, -0.2) is 0 Å². The Morgan fingerprint density at radius 3 is 2.71 bits per heavy atom. The average Bonchev–Trinajstić information content (AvgIpc) is 3.17. The second kappa shape index (κ2) is 8.87. The van der Waals surface area contributed by atoms with Gasteiger partial charge in [0.25, 0.3) is 11.6 Å². The highest BCUT2D eigenvalue weighted by atomic mass is 35.5. The summed E-state index contributed by atoms with van der Waals surface area (Å²) in [5, 5.41) is 14.6. The maximum absolute atomic E-state index is 13.5. The summed E-state index contributed by atoms with van der Waals surface area (Å²) in [6.07, 6.45) is 0.791. The third-order valence-electron chi connectivity index (χ3n) is 6.15. The zero-order chi connectivity index (χ0) is 23.8. The minimum atomic E-state index is -0.456. The van der Waals surface area contributed by atoms with Crippen molar-refractivity contribution in [2.45, 2.75) is 24.9 Å². The van der Waals surface area contributed by atoms with Crippen LogP contribution in [0.25, 0.3) is 0 Å². The molecule has 9 heteroatoms. The first-order chi connectivity index (χ1) is 16.5. The largest absolute Gasteiger partial charge is 0.493 e. The predicted octanol–water partition coefficient (Wildman–Crippen LogP) is 4.92. The van der Waals surface area contributed by atoms with Crippen LogP contribution in [0.3, 0.4) is 0 Å². The van der Waals surface area contributed by atoms with E-state index in [0.29, 0.717) is 40.4 Å². The molecule has 2 aliphatic rings. The minimum absolute atomic E-state index is 0.0199. The number of hydrogen-bond acceptors (Lipinski definition) is 6. The second-order valence-corrected chi connectivity index (χ2v) is 8.55. The number of anilines is 2. The fraction of sp³-hybridized carbons (Fsp3) is 0.240. The number of para-hydroxylation sites is 1. The summed E-state index contributed by atoms with van der Waals surface area (Å²) >= 11 is 5.89. The standard InChI is InChI=1S/C25H22ClN3O5/c1-33-23-10-20-21(27-13-19-9-17-4-2-3-5-22(17)28(19)25(20)30)11-24(23)34-14-16-6-15(12-26)7-18(8-16)29(31)32/h2-8,10-11,19,27H,9,12-14H2,1H3. The van der Waals surface area contributed by atoms with Crippen LogP contribution in [0.4, 0.5) is 17.1 Å². The molecule has 0 spiro atoms.